The maximum atomic E-state index is 12.9. The predicted octanol–water partition coefficient (Wildman–Crippen LogP) is 2.95. The zero-order valence-corrected chi connectivity index (χ0v) is 12.7. The van der Waals surface area contributed by atoms with E-state index in [0.29, 0.717) is 0 Å². The highest BCUT2D eigenvalue weighted by atomic mass is 19.1. The van der Waals surface area contributed by atoms with Crippen molar-refractivity contribution in [3.8, 4) is 0 Å². The van der Waals surface area contributed by atoms with Gasteiger partial charge in [0, 0.05) is 7.05 Å². The van der Waals surface area contributed by atoms with Crippen LogP contribution >= 0.6 is 0 Å². The van der Waals surface area contributed by atoms with E-state index in [2.05, 4.69) is 0 Å². The molecule has 1 N–H and O–H groups in total. The average molecular weight is 301 g/mol. The van der Waals surface area contributed by atoms with Crippen molar-refractivity contribution in [2.24, 2.45) is 0 Å². The lowest BCUT2D eigenvalue weighted by Gasteiger charge is -2.29. The van der Waals surface area contributed by atoms with Gasteiger partial charge in [-0.3, -0.25) is 4.79 Å². The summed E-state index contributed by atoms with van der Waals surface area (Å²) >= 11 is 0. The standard InChI is InChI=1S/C18H20FNO2/c1-13(18(22)15-6-4-3-5-7-15)20(2)17(21)12-14-8-10-16(19)11-9-14/h3-11,13,18,22H,12H2,1-2H3/t13-,18+/m1/s1. The van der Waals surface area contributed by atoms with Crippen molar-refractivity contribution in [1.29, 1.82) is 0 Å². The summed E-state index contributed by atoms with van der Waals surface area (Å²) in [5.41, 5.74) is 1.52. The summed E-state index contributed by atoms with van der Waals surface area (Å²) in [7, 11) is 1.67. The van der Waals surface area contributed by atoms with E-state index in [1.807, 2.05) is 30.3 Å². The van der Waals surface area contributed by atoms with Gasteiger partial charge in [-0.05, 0) is 30.2 Å². The SMILES string of the molecule is C[C@H]([C@H](O)c1ccccc1)N(C)C(=O)Cc1ccc(F)cc1. The lowest BCUT2D eigenvalue weighted by Crippen LogP contribution is -2.39. The molecule has 2 aromatic rings. The second-order valence-electron chi connectivity index (χ2n) is 5.40. The fourth-order valence-corrected chi connectivity index (χ4v) is 2.27. The van der Waals surface area contributed by atoms with Crippen molar-refractivity contribution < 1.29 is 14.3 Å². The fraction of sp³-hybridized carbons (Fsp3) is 0.278. The minimum atomic E-state index is -0.747. The minimum absolute atomic E-state index is 0.117. The maximum Gasteiger partial charge on any atom is 0.227 e. The Morgan fingerprint density at radius 1 is 1.14 bits per heavy atom. The van der Waals surface area contributed by atoms with Gasteiger partial charge in [0.15, 0.2) is 0 Å². The van der Waals surface area contributed by atoms with Crippen LogP contribution in [0.2, 0.25) is 0 Å². The number of amides is 1. The number of aliphatic hydroxyl groups excluding tert-OH is 1. The molecule has 0 heterocycles. The number of hydrogen-bond donors (Lipinski definition) is 1. The number of nitrogens with zero attached hydrogens (tertiary/aromatic N) is 1. The third kappa shape index (κ3) is 3.92. The molecule has 22 heavy (non-hydrogen) atoms. The van der Waals surface area contributed by atoms with Crippen molar-refractivity contribution in [2.75, 3.05) is 7.05 Å². The zero-order valence-electron chi connectivity index (χ0n) is 12.7. The van der Waals surface area contributed by atoms with Crippen molar-refractivity contribution in [3.63, 3.8) is 0 Å². The molecule has 0 aliphatic heterocycles. The first-order valence-corrected chi connectivity index (χ1v) is 7.22. The van der Waals surface area contributed by atoms with Gasteiger partial charge >= 0.3 is 0 Å². The highest BCUT2D eigenvalue weighted by Crippen LogP contribution is 2.20. The van der Waals surface area contributed by atoms with Gasteiger partial charge < -0.3 is 10.0 Å². The Hall–Kier alpha value is -2.20. The van der Waals surface area contributed by atoms with Crippen LogP contribution in [0.3, 0.4) is 0 Å². The summed E-state index contributed by atoms with van der Waals surface area (Å²) in [4.78, 5) is 13.8. The molecule has 116 valence electrons. The summed E-state index contributed by atoms with van der Waals surface area (Å²) < 4.78 is 12.9. The summed E-state index contributed by atoms with van der Waals surface area (Å²) in [6.45, 7) is 1.81. The predicted molar refractivity (Wildman–Crippen MR) is 83.7 cm³/mol. The first-order chi connectivity index (χ1) is 10.5. The van der Waals surface area contributed by atoms with E-state index in [0.717, 1.165) is 11.1 Å². The Morgan fingerprint density at radius 3 is 2.32 bits per heavy atom. The van der Waals surface area contributed by atoms with E-state index in [1.54, 1.807) is 26.1 Å². The monoisotopic (exact) mass is 301 g/mol. The topological polar surface area (TPSA) is 40.5 Å². The zero-order chi connectivity index (χ0) is 16.1. The summed E-state index contributed by atoms with van der Waals surface area (Å²) in [5, 5.41) is 10.4. The third-order valence-corrected chi connectivity index (χ3v) is 3.87. The van der Waals surface area contributed by atoms with Gasteiger partial charge in [-0.25, -0.2) is 4.39 Å². The molecule has 4 heteroatoms. The van der Waals surface area contributed by atoms with E-state index < -0.39 is 6.10 Å². The molecular formula is C18H20FNO2. The number of halogens is 1. The van der Waals surface area contributed by atoms with Crippen LogP contribution in [0.5, 0.6) is 0 Å². The second kappa shape index (κ2) is 7.18. The van der Waals surface area contributed by atoms with Crippen molar-refractivity contribution in [3.05, 3.63) is 71.5 Å². The lowest BCUT2D eigenvalue weighted by atomic mass is 10.0. The van der Waals surface area contributed by atoms with Gasteiger partial charge in [-0.1, -0.05) is 42.5 Å². The quantitative estimate of drug-likeness (QED) is 0.922. The lowest BCUT2D eigenvalue weighted by molar-refractivity contribution is -0.133. The molecule has 0 aromatic heterocycles. The number of hydrogen-bond acceptors (Lipinski definition) is 2. The van der Waals surface area contributed by atoms with Crippen LogP contribution < -0.4 is 0 Å². The number of carbonyl (C=O) groups is 1. The van der Waals surface area contributed by atoms with E-state index in [-0.39, 0.29) is 24.2 Å². The highest BCUT2D eigenvalue weighted by molar-refractivity contribution is 5.78. The van der Waals surface area contributed by atoms with Crippen LogP contribution in [0.25, 0.3) is 0 Å². The fourth-order valence-electron chi connectivity index (χ4n) is 2.27. The molecule has 3 nitrogen and oxygen atoms in total. The largest absolute Gasteiger partial charge is 0.386 e. The molecule has 2 aromatic carbocycles. The maximum absolute atomic E-state index is 12.9. The molecule has 0 saturated heterocycles. The summed E-state index contributed by atoms with van der Waals surface area (Å²) in [6, 6.07) is 14.8. The van der Waals surface area contributed by atoms with Gasteiger partial charge in [0.2, 0.25) is 5.91 Å². The number of carbonyl (C=O) groups excluding carboxylic acids is 1. The Bertz CT molecular complexity index is 613. The Kier molecular flexibility index (Phi) is 5.28. The molecule has 0 spiro atoms. The van der Waals surface area contributed by atoms with Crippen LogP contribution in [0.1, 0.15) is 24.2 Å². The third-order valence-electron chi connectivity index (χ3n) is 3.87. The average Bonchev–Trinajstić information content (AvgIpc) is 2.55. The molecule has 0 bridgehead atoms. The summed E-state index contributed by atoms with van der Waals surface area (Å²) in [6.07, 6.45) is -0.564. The normalized spacial score (nSPS) is 13.5. The van der Waals surface area contributed by atoms with Gasteiger partial charge in [0.05, 0.1) is 18.6 Å². The van der Waals surface area contributed by atoms with Crippen LogP contribution in [0, 0.1) is 5.82 Å². The van der Waals surface area contributed by atoms with Gasteiger partial charge in [0.25, 0.3) is 0 Å². The molecule has 1 amide bonds. The molecule has 0 fully saturated rings. The van der Waals surface area contributed by atoms with Gasteiger partial charge in [-0.15, -0.1) is 0 Å². The van der Waals surface area contributed by atoms with Crippen LogP contribution in [-0.4, -0.2) is 29.0 Å². The Morgan fingerprint density at radius 2 is 1.73 bits per heavy atom. The van der Waals surface area contributed by atoms with Crippen LogP contribution in [-0.2, 0) is 11.2 Å². The molecule has 2 atom stereocenters. The van der Waals surface area contributed by atoms with Crippen molar-refractivity contribution >= 4 is 5.91 Å². The van der Waals surface area contributed by atoms with E-state index in [9.17, 15) is 14.3 Å². The molecule has 0 radical (unpaired) electrons. The van der Waals surface area contributed by atoms with Gasteiger partial charge in [0.1, 0.15) is 5.82 Å². The number of aliphatic hydroxyl groups is 1. The second-order valence-corrected chi connectivity index (χ2v) is 5.40. The van der Waals surface area contributed by atoms with Crippen LogP contribution in [0.15, 0.2) is 54.6 Å². The summed E-state index contributed by atoms with van der Waals surface area (Å²) in [5.74, 6) is -0.438. The first kappa shape index (κ1) is 16.2. The first-order valence-electron chi connectivity index (χ1n) is 7.22. The van der Waals surface area contributed by atoms with Gasteiger partial charge in [-0.2, -0.15) is 0 Å². The molecule has 2 rings (SSSR count). The number of benzene rings is 2. The molecular weight excluding hydrogens is 281 g/mol. The Balaban J connectivity index is 2.01. The Labute approximate surface area is 130 Å². The molecule has 0 aliphatic carbocycles. The molecule has 0 unspecified atom stereocenters. The van der Waals surface area contributed by atoms with E-state index in [4.69, 9.17) is 0 Å². The minimum Gasteiger partial charge on any atom is -0.386 e. The van der Waals surface area contributed by atoms with E-state index in [1.165, 1.54) is 17.0 Å². The van der Waals surface area contributed by atoms with Crippen LogP contribution in [0.4, 0.5) is 4.39 Å². The van der Waals surface area contributed by atoms with E-state index >= 15 is 0 Å². The van der Waals surface area contributed by atoms with Crippen molar-refractivity contribution in [2.45, 2.75) is 25.5 Å². The number of likely N-dealkylation sites (N-methyl/N-ethyl adjacent to an activating group) is 1. The molecule has 0 aliphatic rings. The number of rotatable bonds is 5. The molecule has 0 saturated carbocycles. The van der Waals surface area contributed by atoms with Crippen molar-refractivity contribution in [1.82, 2.24) is 4.90 Å². The smallest absolute Gasteiger partial charge is 0.227 e. The highest BCUT2D eigenvalue weighted by Gasteiger charge is 2.23.